The van der Waals surface area contributed by atoms with Crippen molar-refractivity contribution in [3.8, 4) is 0 Å². The number of nitrogens with zero attached hydrogens (tertiary/aromatic N) is 1. The molecule has 8 nitrogen and oxygen atoms in total. The number of carbonyl (C=O) groups excluding carboxylic acids is 4. The fraction of sp³-hybridized carbons (Fsp3) is 0.360. The lowest BCUT2D eigenvalue weighted by Crippen LogP contribution is -2.28. The van der Waals surface area contributed by atoms with E-state index in [1.807, 2.05) is 0 Å². The van der Waals surface area contributed by atoms with Gasteiger partial charge in [0.15, 0.2) is 6.61 Å². The third kappa shape index (κ3) is 6.87. The summed E-state index contributed by atoms with van der Waals surface area (Å²) in [6.45, 7) is 2.02. The highest BCUT2D eigenvalue weighted by atomic mass is 19.1. The molecule has 0 spiro atoms. The lowest BCUT2D eigenvalue weighted by Gasteiger charge is -2.17. The van der Waals surface area contributed by atoms with Crippen molar-refractivity contribution in [1.82, 2.24) is 0 Å². The molecule has 0 saturated carbocycles. The Morgan fingerprint density at radius 1 is 1.03 bits per heavy atom. The van der Waals surface area contributed by atoms with Crippen molar-refractivity contribution in [2.45, 2.75) is 32.6 Å². The van der Waals surface area contributed by atoms with Crippen molar-refractivity contribution in [3.05, 3.63) is 59.9 Å². The van der Waals surface area contributed by atoms with Gasteiger partial charge in [-0.3, -0.25) is 14.4 Å². The van der Waals surface area contributed by atoms with Gasteiger partial charge in [-0.2, -0.15) is 0 Å². The van der Waals surface area contributed by atoms with E-state index >= 15 is 0 Å². The van der Waals surface area contributed by atoms with Crippen LogP contribution in [-0.2, 0) is 23.9 Å². The number of hydrogen-bond donors (Lipinski definition) is 1. The zero-order chi connectivity index (χ0) is 24.5. The van der Waals surface area contributed by atoms with Crippen LogP contribution in [0.3, 0.4) is 0 Å². The second kappa shape index (κ2) is 11.9. The number of nitrogens with one attached hydrogen (secondary N) is 1. The Hall–Kier alpha value is -3.75. The first-order valence-corrected chi connectivity index (χ1v) is 11.2. The van der Waals surface area contributed by atoms with E-state index in [2.05, 4.69) is 12.2 Å². The van der Waals surface area contributed by atoms with Crippen LogP contribution in [0.4, 0.5) is 15.8 Å². The second-order valence-corrected chi connectivity index (χ2v) is 7.96. The first kappa shape index (κ1) is 24.9. The van der Waals surface area contributed by atoms with Gasteiger partial charge in [0.2, 0.25) is 5.91 Å². The molecule has 0 bridgehead atoms. The lowest BCUT2D eigenvalue weighted by atomic mass is 10.1. The zero-order valence-corrected chi connectivity index (χ0v) is 18.9. The number of rotatable bonds is 10. The van der Waals surface area contributed by atoms with Gasteiger partial charge in [-0.1, -0.05) is 19.8 Å². The SMILES string of the molecule is CCCCCOC(=O)c1ccc(N2C[C@H](C(=O)OCC(=O)Nc3ccc(F)cc3)CC2=O)cc1. The van der Waals surface area contributed by atoms with Crippen LogP contribution in [0.5, 0.6) is 0 Å². The monoisotopic (exact) mass is 470 g/mol. The Kier molecular flexibility index (Phi) is 8.73. The van der Waals surface area contributed by atoms with E-state index in [-0.39, 0.29) is 18.9 Å². The summed E-state index contributed by atoms with van der Waals surface area (Å²) in [6.07, 6.45) is 2.80. The molecule has 9 heteroatoms. The Labute approximate surface area is 197 Å². The molecule has 2 aromatic carbocycles. The molecular weight excluding hydrogens is 443 g/mol. The van der Waals surface area contributed by atoms with Crippen molar-refractivity contribution in [2.24, 2.45) is 5.92 Å². The van der Waals surface area contributed by atoms with Crippen LogP contribution in [0.15, 0.2) is 48.5 Å². The second-order valence-electron chi connectivity index (χ2n) is 7.96. The number of benzene rings is 2. The van der Waals surface area contributed by atoms with Crippen molar-refractivity contribution in [3.63, 3.8) is 0 Å². The molecule has 2 amide bonds. The molecule has 1 N–H and O–H groups in total. The molecular formula is C25H27FN2O6. The third-order valence-corrected chi connectivity index (χ3v) is 5.33. The molecule has 3 rings (SSSR count). The van der Waals surface area contributed by atoms with E-state index in [0.29, 0.717) is 23.5 Å². The highest BCUT2D eigenvalue weighted by Crippen LogP contribution is 2.26. The fourth-order valence-electron chi connectivity index (χ4n) is 3.48. The highest BCUT2D eigenvalue weighted by Gasteiger charge is 2.36. The van der Waals surface area contributed by atoms with Crippen LogP contribution in [0.2, 0.25) is 0 Å². The number of amides is 2. The average molecular weight is 470 g/mol. The van der Waals surface area contributed by atoms with Gasteiger partial charge in [-0.25, -0.2) is 9.18 Å². The molecule has 1 saturated heterocycles. The maximum atomic E-state index is 12.9. The minimum Gasteiger partial charge on any atom is -0.462 e. The molecule has 1 atom stereocenters. The molecule has 34 heavy (non-hydrogen) atoms. The van der Waals surface area contributed by atoms with Crippen LogP contribution in [0.25, 0.3) is 0 Å². The standard InChI is InChI=1S/C25H27FN2O6/c1-2-3-4-13-33-24(31)17-5-11-21(12-6-17)28-15-18(14-23(28)30)25(32)34-16-22(29)27-20-9-7-19(26)8-10-20/h5-12,18H,2-4,13-16H2,1H3,(H,27,29)/t18-/m1/s1. The predicted octanol–water partition coefficient (Wildman–Crippen LogP) is 3.71. The van der Waals surface area contributed by atoms with Gasteiger partial charge in [0.1, 0.15) is 5.82 Å². The van der Waals surface area contributed by atoms with E-state index in [4.69, 9.17) is 9.47 Å². The fourth-order valence-corrected chi connectivity index (χ4v) is 3.48. The van der Waals surface area contributed by atoms with Crippen molar-refractivity contribution >= 4 is 35.1 Å². The summed E-state index contributed by atoms with van der Waals surface area (Å²) in [5.41, 5.74) is 1.31. The van der Waals surface area contributed by atoms with Gasteiger partial charge in [-0.15, -0.1) is 0 Å². The summed E-state index contributed by atoms with van der Waals surface area (Å²) >= 11 is 0. The van der Waals surface area contributed by atoms with Gasteiger partial charge >= 0.3 is 11.9 Å². The predicted molar refractivity (Wildman–Crippen MR) is 123 cm³/mol. The molecule has 0 aliphatic carbocycles. The number of halogens is 1. The minimum absolute atomic E-state index is 0.0420. The highest BCUT2D eigenvalue weighted by molar-refractivity contribution is 6.00. The third-order valence-electron chi connectivity index (χ3n) is 5.33. The number of unbranched alkanes of at least 4 members (excludes halogenated alkanes) is 2. The Morgan fingerprint density at radius 3 is 2.41 bits per heavy atom. The summed E-state index contributed by atoms with van der Waals surface area (Å²) in [5, 5.41) is 2.49. The molecule has 1 fully saturated rings. The van der Waals surface area contributed by atoms with E-state index in [1.165, 1.54) is 29.2 Å². The van der Waals surface area contributed by atoms with Crippen LogP contribution in [0.1, 0.15) is 43.0 Å². The summed E-state index contributed by atoms with van der Waals surface area (Å²) in [7, 11) is 0. The quantitative estimate of drug-likeness (QED) is 0.420. The molecule has 0 radical (unpaired) electrons. The van der Waals surface area contributed by atoms with E-state index in [9.17, 15) is 23.6 Å². The van der Waals surface area contributed by atoms with E-state index in [1.54, 1.807) is 24.3 Å². The van der Waals surface area contributed by atoms with E-state index in [0.717, 1.165) is 19.3 Å². The van der Waals surface area contributed by atoms with Gasteiger partial charge in [0, 0.05) is 24.3 Å². The summed E-state index contributed by atoms with van der Waals surface area (Å²) in [5.74, 6) is -3.05. The van der Waals surface area contributed by atoms with Crippen LogP contribution >= 0.6 is 0 Å². The molecule has 180 valence electrons. The lowest BCUT2D eigenvalue weighted by molar-refractivity contribution is -0.151. The molecule has 0 unspecified atom stereocenters. The largest absolute Gasteiger partial charge is 0.462 e. The van der Waals surface area contributed by atoms with Crippen LogP contribution < -0.4 is 10.2 Å². The average Bonchev–Trinajstić information content (AvgIpc) is 3.23. The summed E-state index contributed by atoms with van der Waals surface area (Å²) in [4.78, 5) is 50.3. The van der Waals surface area contributed by atoms with Crippen molar-refractivity contribution in [2.75, 3.05) is 30.0 Å². The normalized spacial score (nSPS) is 15.2. The topological polar surface area (TPSA) is 102 Å². The van der Waals surface area contributed by atoms with Gasteiger partial charge in [0.25, 0.3) is 5.91 Å². The summed E-state index contributed by atoms with van der Waals surface area (Å²) in [6, 6.07) is 11.6. The molecule has 0 aromatic heterocycles. The first-order valence-electron chi connectivity index (χ1n) is 11.2. The van der Waals surface area contributed by atoms with Gasteiger partial charge < -0.3 is 19.7 Å². The molecule has 2 aromatic rings. The van der Waals surface area contributed by atoms with Crippen molar-refractivity contribution in [1.29, 1.82) is 0 Å². The smallest absolute Gasteiger partial charge is 0.338 e. The number of carbonyl (C=O) groups is 4. The molecule has 1 heterocycles. The Bertz CT molecular complexity index is 1020. The Balaban J connectivity index is 1.48. The minimum atomic E-state index is -0.714. The Morgan fingerprint density at radius 2 is 1.74 bits per heavy atom. The van der Waals surface area contributed by atoms with Crippen LogP contribution in [0, 0.1) is 11.7 Å². The number of ether oxygens (including phenoxy) is 2. The number of hydrogen-bond acceptors (Lipinski definition) is 6. The van der Waals surface area contributed by atoms with Gasteiger partial charge in [-0.05, 0) is 55.0 Å². The zero-order valence-electron chi connectivity index (χ0n) is 18.9. The molecule has 1 aliphatic rings. The molecule has 1 aliphatic heterocycles. The number of anilines is 2. The summed E-state index contributed by atoms with van der Waals surface area (Å²) < 4.78 is 23.2. The van der Waals surface area contributed by atoms with Crippen LogP contribution in [-0.4, -0.2) is 43.5 Å². The first-order chi connectivity index (χ1) is 16.4. The maximum Gasteiger partial charge on any atom is 0.338 e. The van der Waals surface area contributed by atoms with Crippen molar-refractivity contribution < 1.29 is 33.0 Å². The number of esters is 2. The van der Waals surface area contributed by atoms with Gasteiger partial charge in [0.05, 0.1) is 18.1 Å². The maximum absolute atomic E-state index is 12.9. The van der Waals surface area contributed by atoms with E-state index < -0.39 is 36.2 Å².